The summed E-state index contributed by atoms with van der Waals surface area (Å²) in [6.45, 7) is 1.99. The molecule has 0 aliphatic carbocycles. The van der Waals surface area contributed by atoms with Crippen molar-refractivity contribution in [2.24, 2.45) is 0 Å². The molecule has 3 rings (SSSR count). The molecule has 3 aromatic rings. The van der Waals surface area contributed by atoms with Crippen LogP contribution in [0.1, 0.15) is 18.1 Å². The van der Waals surface area contributed by atoms with Gasteiger partial charge in [0.05, 0.1) is 10.3 Å². The van der Waals surface area contributed by atoms with E-state index in [1.165, 1.54) is 11.8 Å². The number of thioether (sulfide) groups is 1. The van der Waals surface area contributed by atoms with Crippen molar-refractivity contribution in [3.8, 4) is 11.5 Å². The summed E-state index contributed by atoms with van der Waals surface area (Å²) < 4.78 is 5.75. The van der Waals surface area contributed by atoms with E-state index in [0.717, 1.165) is 10.5 Å². The second-order valence-electron chi connectivity index (χ2n) is 4.65. The fourth-order valence-corrected chi connectivity index (χ4v) is 3.35. The highest BCUT2D eigenvalue weighted by Gasteiger charge is 2.17. The van der Waals surface area contributed by atoms with E-state index >= 15 is 0 Å². The van der Waals surface area contributed by atoms with Gasteiger partial charge >= 0.3 is 0 Å². The predicted molar refractivity (Wildman–Crippen MR) is 90.5 cm³/mol. The molecule has 1 atom stereocenters. The van der Waals surface area contributed by atoms with Crippen LogP contribution in [-0.2, 0) is 0 Å². The molecule has 0 spiro atoms. The lowest BCUT2D eigenvalue weighted by atomic mass is 10.2. The number of rotatable bonds is 4. The zero-order valence-electron chi connectivity index (χ0n) is 11.7. The Balaban J connectivity index is 1.80. The highest BCUT2D eigenvalue weighted by Crippen LogP contribution is 2.39. The Morgan fingerprint density at radius 3 is 2.59 bits per heavy atom. The van der Waals surface area contributed by atoms with Crippen LogP contribution in [0.4, 0.5) is 0 Å². The van der Waals surface area contributed by atoms with Gasteiger partial charge in [0, 0.05) is 15.5 Å². The Morgan fingerprint density at radius 1 is 1.05 bits per heavy atom. The predicted octanol–water partition coefficient (Wildman–Crippen LogP) is 5.90. The molecule has 112 valence electrons. The number of aromatic nitrogens is 2. The summed E-state index contributed by atoms with van der Waals surface area (Å²) >= 11 is 13.7. The van der Waals surface area contributed by atoms with Crippen molar-refractivity contribution in [1.82, 2.24) is 10.2 Å². The molecule has 0 N–H and O–H groups in total. The monoisotopic (exact) mass is 350 g/mol. The van der Waals surface area contributed by atoms with Crippen molar-refractivity contribution in [2.45, 2.75) is 17.1 Å². The summed E-state index contributed by atoms with van der Waals surface area (Å²) in [5, 5.41) is 9.50. The molecule has 0 bridgehead atoms. The Kier molecular flexibility index (Phi) is 4.71. The first-order chi connectivity index (χ1) is 10.6. The van der Waals surface area contributed by atoms with Gasteiger partial charge in [0.25, 0.3) is 0 Å². The number of hydrogen-bond donors (Lipinski definition) is 0. The average molecular weight is 351 g/mol. The zero-order valence-corrected chi connectivity index (χ0v) is 14.0. The maximum absolute atomic E-state index is 6.18. The summed E-state index contributed by atoms with van der Waals surface area (Å²) in [6.07, 6.45) is 0. The Morgan fingerprint density at radius 2 is 1.82 bits per heavy atom. The van der Waals surface area contributed by atoms with Gasteiger partial charge < -0.3 is 4.42 Å². The van der Waals surface area contributed by atoms with Gasteiger partial charge in [0.2, 0.25) is 11.8 Å². The summed E-state index contributed by atoms with van der Waals surface area (Å²) in [6, 6.07) is 15.1. The molecule has 0 aliphatic heterocycles. The first-order valence-corrected chi connectivity index (χ1v) is 8.27. The third-order valence-corrected chi connectivity index (χ3v) is 4.83. The normalized spacial score (nSPS) is 12.3. The van der Waals surface area contributed by atoms with E-state index < -0.39 is 0 Å². The Bertz CT molecular complexity index is 777. The van der Waals surface area contributed by atoms with Gasteiger partial charge in [0.1, 0.15) is 0 Å². The zero-order chi connectivity index (χ0) is 15.5. The van der Waals surface area contributed by atoms with Crippen molar-refractivity contribution in [2.75, 3.05) is 0 Å². The highest BCUT2D eigenvalue weighted by atomic mass is 35.5. The van der Waals surface area contributed by atoms with E-state index in [1.54, 1.807) is 12.1 Å². The van der Waals surface area contributed by atoms with Crippen LogP contribution in [0.25, 0.3) is 11.5 Å². The van der Waals surface area contributed by atoms with Crippen LogP contribution in [0.3, 0.4) is 0 Å². The molecule has 2 aromatic carbocycles. The average Bonchev–Trinajstić information content (AvgIpc) is 3.02. The molecule has 0 amide bonds. The van der Waals surface area contributed by atoms with E-state index in [-0.39, 0.29) is 5.25 Å². The molecular formula is C16H12Cl2N2OS. The molecule has 1 heterocycles. The minimum atomic E-state index is -0.0269. The lowest BCUT2D eigenvalue weighted by Crippen LogP contribution is -1.89. The molecule has 22 heavy (non-hydrogen) atoms. The highest BCUT2D eigenvalue weighted by molar-refractivity contribution is 7.99. The second-order valence-corrected chi connectivity index (χ2v) is 6.87. The molecule has 6 heteroatoms. The Hall–Kier alpha value is -1.49. The molecule has 1 aromatic heterocycles. The second kappa shape index (κ2) is 6.73. The molecule has 0 radical (unpaired) electrons. The first-order valence-electron chi connectivity index (χ1n) is 6.64. The largest absolute Gasteiger partial charge is 0.419 e. The van der Waals surface area contributed by atoms with Crippen molar-refractivity contribution < 1.29 is 4.42 Å². The van der Waals surface area contributed by atoms with Gasteiger partial charge in [-0.1, -0.05) is 41.4 Å². The van der Waals surface area contributed by atoms with Crippen molar-refractivity contribution in [1.29, 1.82) is 0 Å². The van der Waals surface area contributed by atoms with Crippen LogP contribution < -0.4 is 0 Å². The van der Waals surface area contributed by atoms with Gasteiger partial charge in [-0.3, -0.25) is 0 Å². The number of hydrogen-bond acceptors (Lipinski definition) is 4. The first kappa shape index (κ1) is 15.4. The summed E-state index contributed by atoms with van der Waals surface area (Å²) in [7, 11) is 0. The van der Waals surface area contributed by atoms with Gasteiger partial charge in [-0.2, -0.15) is 0 Å². The van der Waals surface area contributed by atoms with E-state index in [9.17, 15) is 0 Å². The van der Waals surface area contributed by atoms with E-state index in [2.05, 4.69) is 10.2 Å². The van der Waals surface area contributed by atoms with Crippen molar-refractivity contribution >= 4 is 35.0 Å². The van der Waals surface area contributed by atoms with Crippen LogP contribution in [0.5, 0.6) is 0 Å². The topological polar surface area (TPSA) is 38.9 Å². The van der Waals surface area contributed by atoms with Crippen LogP contribution in [0.2, 0.25) is 10.0 Å². The number of benzene rings is 2. The molecule has 0 saturated carbocycles. The minimum Gasteiger partial charge on any atom is -0.419 e. The smallest absolute Gasteiger partial charge is 0.247 e. The van der Waals surface area contributed by atoms with Crippen LogP contribution in [0, 0.1) is 0 Å². The summed E-state index contributed by atoms with van der Waals surface area (Å²) in [4.78, 5) is 0.890. The van der Waals surface area contributed by atoms with Gasteiger partial charge in [-0.05, 0) is 37.3 Å². The summed E-state index contributed by atoms with van der Waals surface area (Å²) in [5.74, 6) is 1.07. The molecule has 0 saturated heterocycles. The molecule has 3 nitrogen and oxygen atoms in total. The van der Waals surface area contributed by atoms with Gasteiger partial charge in [-0.15, -0.1) is 22.0 Å². The Labute approximate surface area is 142 Å². The van der Waals surface area contributed by atoms with E-state index in [0.29, 0.717) is 21.8 Å². The lowest BCUT2D eigenvalue weighted by Gasteiger charge is -2.08. The SMILES string of the molecule is CC(Sc1cc(Cl)ccc1Cl)c1nnc(-c2ccccc2)o1. The van der Waals surface area contributed by atoms with Crippen molar-refractivity contribution in [3.63, 3.8) is 0 Å². The quantitative estimate of drug-likeness (QED) is 0.549. The lowest BCUT2D eigenvalue weighted by molar-refractivity contribution is 0.509. The van der Waals surface area contributed by atoms with Gasteiger partial charge in [-0.25, -0.2) is 0 Å². The molecule has 1 unspecified atom stereocenters. The maximum Gasteiger partial charge on any atom is 0.247 e. The molecule has 0 aliphatic rings. The van der Waals surface area contributed by atoms with Crippen LogP contribution >= 0.6 is 35.0 Å². The number of nitrogens with zero attached hydrogens (tertiary/aromatic N) is 2. The van der Waals surface area contributed by atoms with Gasteiger partial charge in [0.15, 0.2) is 0 Å². The summed E-state index contributed by atoms with van der Waals surface area (Å²) in [5.41, 5.74) is 0.902. The maximum atomic E-state index is 6.18. The van der Waals surface area contributed by atoms with Crippen LogP contribution in [-0.4, -0.2) is 10.2 Å². The van der Waals surface area contributed by atoms with E-state index in [1.807, 2.05) is 43.3 Å². The van der Waals surface area contributed by atoms with Crippen molar-refractivity contribution in [3.05, 3.63) is 64.5 Å². The third kappa shape index (κ3) is 3.46. The molecule has 0 fully saturated rings. The fraction of sp³-hybridized carbons (Fsp3) is 0.125. The number of halogens is 2. The third-order valence-electron chi connectivity index (χ3n) is 3.01. The molecular weight excluding hydrogens is 339 g/mol. The fourth-order valence-electron chi connectivity index (χ4n) is 1.90. The van der Waals surface area contributed by atoms with Crippen LogP contribution in [0.15, 0.2) is 57.8 Å². The van der Waals surface area contributed by atoms with E-state index in [4.69, 9.17) is 27.6 Å². The standard InChI is InChI=1S/C16H12Cl2N2OS/c1-10(22-14-9-12(17)7-8-13(14)18)15-19-20-16(21-15)11-5-3-2-4-6-11/h2-10H,1H3. The minimum absolute atomic E-state index is 0.0269.